The fourth-order valence-corrected chi connectivity index (χ4v) is 1.32. The van der Waals surface area contributed by atoms with E-state index in [0.29, 0.717) is 5.56 Å². The molecule has 0 radical (unpaired) electrons. The number of rotatable bonds is 7. The topological polar surface area (TPSA) is 46.5 Å². The second kappa shape index (κ2) is 8.25. The standard InChI is InChI=1S/C15H18O3/c1-13(8-4-3-7-11-16)12-18-15(17)14-9-5-2-6-10-14/h2,4-6,8-10,16H,1,3,7,11-12H2. The van der Waals surface area contributed by atoms with Crippen molar-refractivity contribution in [3.8, 4) is 0 Å². The van der Waals surface area contributed by atoms with E-state index in [4.69, 9.17) is 9.84 Å². The number of carbonyl (C=O) groups is 1. The lowest BCUT2D eigenvalue weighted by Crippen LogP contribution is -2.06. The number of esters is 1. The highest BCUT2D eigenvalue weighted by atomic mass is 16.5. The Morgan fingerprint density at radius 2 is 2.06 bits per heavy atom. The largest absolute Gasteiger partial charge is 0.457 e. The summed E-state index contributed by atoms with van der Waals surface area (Å²) in [5.74, 6) is -0.347. The molecule has 1 rings (SSSR count). The van der Waals surface area contributed by atoms with Crippen LogP contribution in [0, 0.1) is 0 Å². The van der Waals surface area contributed by atoms with Crippen LogP contribution in [0.15, 0.2) is 54.6 Å². The Labute approximate surface area is 107 Å². The second-order valence-corrected chi connectivity index (χ2v) is 3.87. The lowest BCUT2D eigenvalue weighted by Gasteiger charge is -2.04. The molecule has 1 aromatic carbocycles. The molecule has 0 aliphatic rings. The van der Waals surface area contributed by atoms with Gasteiger partial charge in [-0.15, -0.1) is 0 Å². The SMILES string of the molecule is C=C(C=CCCCO)COC(=O)c1ccccc1. The van der Waals surface area contributed by atoms with Gasteiger partial charge in [0.15, 0.2) is 0 Å². The second-order valence-electron chi connectivity index (χ2n) is 3.87. The van der Waals surface area contributed by atoms with E-state index in [0.717, 1.165) is 18.4 Å². The Balaban J connectivity index is 2.30. The molecule has 0 saturated carbocycles. The fraction of sp³-hybridized carbons (Fsp3) is 0.267. The minimum Gasteiger partial charge on any atom is -0.457 e. The van der Waals surface area contributed by atoms with Crippen molar-refractivity contribution in [2.24, 2.45) is 0 Å². The van der Waals surface area contributed by atoms with Crippen LogP contribution >= 0.6 is 0 Å². The van der Waals surface area contributed by atoms with Crippen LogP contribution in [0.5, 0.6) is 0 Å². The van der Waals surface area contributed by atoms with Crippen LogP contribution < -0.4 is 0 Å². The number of ether oxygens (including phenoxy) is 1. The zero-order chi connectivity index (χ0) is 13.2. The molecule has 0 heterocycles. The Morgan fingerprint density at radius 3 is 2.72 bits per heavy atom. The molecular weight excluding hydrogens is 228 g/mol. The molecule has 0 atom stereocenters. The molecule has 1 aromatic rings. The molecule has 0 aliphatic heterocycles. The van der Waals surface area contributed by atoms with E-state index in [1.807, 2.05) is 18.2 Å². The van der Waals surface area contributed by atoms with Gasteiger partial charge in [0.25, 0.3) is 0 Å². The maximum Gasteiger partial charge on any atom is 0.338 e. The first kappa shape index (κ1) is 14.2. The Hall–Kier alpha value is -1.87. The molecular formula is C15H18O3. The van der Waals surface area contributed by atoms with Gasteiger partial charge in [-0.3, -0.25) is 0 Å². The summed E-state index contributed by atoms with van der Waals surface area (Å²) in [6.07, 6.45) is 5.25. The van der Waals surface area contributed by atoms with Crippen LogP contribution in [0.3, 0.4) is 0 Å². The molecule has 0 aliphatic carbocycles. The van der Waals surface area contributed by atoms with Gasteiger partial charge in [0.05, 0.1) is 5.56 Å². The number of hydrogen-bond acceptors (Lipinski definition) is 3. The third-order valence-electron chi connectivity index (χ3n) is 2.28. The Kier molecular flexibility index (Phi) is 6.51. The van der Waals surface area contributed by atoms with Gasteiger partial charge in [0.1, 0.15) is 6.61 Å². The predicted octanol–water partition coefficient (Wildman–Crippen LogP) is 2.73. The van der Waals surface area contributed by atoms with Gasteiger partial charge >= 0.3 is 5.97 Å². The average molecular weight is 246 g/mol. The van der Waals surface area contributed by atoms with Crippen molar-refractivity contribution >= 4 is 5.97 Å². The highest BCUT2D eigenvalue weighted by Gasteiger charge is 2.05. The van der Waals surface area contributed by atoms with Crippen molar-refractivity contribution in [2.45, 2.75) is 12.8 Å². The summed E-state index contributed by atoms with van der Waals surface area (Å²) in [6, 6.07) is 8.85. The normalized spacial score (nSPS) is 10.5. The zero-order valence-corrected chi connectivity index (χ0v) is 10.3. The van der Waals surface area contributed by atoms with Gasteiger partial charge in [0.2, 0.25) is 0 Å². The molecule has 96 valence electrons. The molecule has 18 heavy (non-hydrogen) atoms. The van der Waals surface area contributed by atoms with E-state index < -0.39 is 0 Å². The summed E-state index contributed by atoms with van der Waals surface area (Å²) in [4.78, 5) is 11.6. The molecule has 0 aromatic heterocycles. The molecule has 0 fully saturated rings. The fourth-order valence-electron chi connectivity index (χ4n) is 1.32. The Bertz CT molecular complexity index is 407. The molecule has 0 saturated heterocycles. The van der Waals surface area contributed by atoms with E-state index in [-0.39, 0.29) is 19.2 Å². The minimum absolute atomic E-state index is 0.180. The van der Waals surface area contributed by atoms with E-state index >= 15 is 0 Å². The lowest BCUT2D eigenvalue weighted by atomic mass is 10.2. The summed E-state index contributed by atoms with van der Waals surface area (Å²) in [5, 5.41) is 8.61. The smallest absolute Gasteiger partial charge is 0.338 e. The van der Waals surface area contributed by atoms with Gasteiger partial charge in [-0.05, 0) is 30.5 Å². The quantitative estimate of drug-likeness (QED) is 0.457. The maximum atomic E-state index is 11.6. The van der Waals surface area contributed by atoms with Gasteiger partial charge in [-0.25, -0.2) is 4.79 Å². The molecule has 1 N–H and O–H groups in total. The van der Waals surface area contributed by atoms with Crippen molar-refractivity contribution in [2.75, 3.05) is 13.2 Å². The maximum absolute atomic E-state index is 11.6. The summed E-state index contributed by atoms with van der Waals surface area (Å²) in [7, 11) is 0. The summed E-state index contributed by atoms with van der Waals surface area (Å²) >= 11 is 0. The van der Waals surface area contributed by atoms with Crippen LogP contribution in [-0.4, -0.2) is 24.3 Å². The zero-order valence-electron chi connectivity index (χ0n) is 10.3. The van der Waals surface area contributed by atoms with E-state index in [1.54, 1.807) is 24.3 Å². The minimum atomic E-state index is -0.347. The Morgan fingerprint density at radius 1 is 1.33 bits per heavy atom. The number of unbranched alkanes of at least 4 members (excludes halogenated alkanes) is 1. The molecule has 3 heteroatoms. The molecule has 3 nitrogen and oxygen atoms in total. The van der Waals surface area contributed by atoms with Crippen LogP contribution in [0.4, 0.5) is 0 Å². The number of aliphatic hydroxyl groups is 1. The molecule has 0 bridgehead atoms. The monoisotopic (exact) mass is 246 g/mol. The van der Waals surface area contributed by atoms with Crippen molar-refractivity contribution in [3.05, 3.63) is 60.2 Å². The van der Waals surface area contributed by atoms with Crippen molar-refractivity contribution < 1.29 is 14.6 Å². The van der Waals surface area contributed by atoms with Crippen molar-refractivity contribution in [1.29, 1.82) is 0 Å². The first-order valence-corrected chi connectivity index (χ1v) is 5.91. The highest BCUT2D eigenvalue weighted by molar-refractivity contribution is 5.89. The average Bonchev–Trinajstić information content (AvgIpc) is 2.42. The van der Waals surface area contributed by atoms with E-state index in [9.17, 15) is 4.79 Å². The first-order chi connectivity index (χ1) is 8.74. The number of benzene rings is 1. The molecule has 0 unspecified atom stereocenters. The summed E-state index contributed by atoms with van der Waals surface area (Å²) in [5.41, 5.74) is 1.27. The van der Waals surface area contributed by atoms with Crippen molar-refractivity contribution in [1.82, 2.24) is 0 Å². The van der Waals surface area contributed by atoms with Crippen LogP contribution in [0.25, 0.3) is 0 Å². The van der Waals surface area contributed by atoms with E-state index in [2.05, 4.69) is 6.58 Å². The first-order valence-electron chi connectivity index (χ1n) is 5.91. The number of hydrogen-bond donors (Lipinski definition) is 1. The summed E-state index contributed by atoms with van der Waals surface area (Å²) < 4.78 is 5.11. The van der Waals surface area contributed by atoms with Gasteiger partial charge in [-0.2, -0.15) is 0 Å². The van der Waals surface area contributed by atoms with Crippen LogP contribution in [-0.2, 0) is 4.74 Å². The number of carbonyl (C=O) groups excluding carboxylic acids is 1. The van der Waals surface area contributed by atoms with Crippen LogP contribution in [0.1, 0.15) is 23.2 Å². The predicted molar refractivity (Wildman–Crippen MR) is 71.3 cm³/mol. The summed E-state index contributed by atoms with van der Waals surface area (Å²) in [6.45, 7) is 4.16. The third kappa shape index (κ3) is 5.46. The van der Waals surface area contributed by atoms with Gasteiger partial charge in [-0.1, -0.05) is 36.9 Å². The van der Waals surface area contributed by atoms with Crippen LogP contribution in [0.2, 0.25) is 0 Å². The lowest BCUT2D eigenvalue weighted by molar-refractivity contribution is 0.0543. The number of aliphatic hydroxyl groups excluding tert-OH is 1. The molecule has 0 amide bonds. The molecule has 0 spiro atoms. The highest BCUT2D eigenvalue weighted by Crippen LogP contribution is 2.04. The van der Waals surface area contributed by atoms with E-state index in [1.165, 1.54) is 0 Å². The number of allylic oxidation sites excluding steroid dienone is 1. The van der Waals surface area contributed by atoms with Crippen molar-refractivity contribution in [3.63, 3.8) is 0 Å². The third-order valence-corrected chi connectivity index (χ3v) is 2.28. The van der Waals surface area contributed by atoms with Gasteiger partial charge in [0, 0.05) is 6.61 Å². The van der Waals surface area contributed by atoms with Gasteiger partial charge < -0.3 is 9.84 Å².